The first-order chi connectivity index (χ1) is 29.7. The fourth-order valence-electron chi connectivity index (χ4n) is 12.9. The summed E-state index contributed by atoms with van der Waals surface area (Å²) >= 11 is 1.88. The minimum absolute atomic E-state index is 0.174. The van der Waals surface area contributed by atoms with Gasteiger partial charge in [-0.2, -0.15) is 0 Å². The number of thiophene rings is 1. The van der Waals surface area contributed by atoms with Crippen LogP contribution in [0.1, 0.15) is 43.2 Å². The molecule has 60 heavy (non-hydrogen) atoms. The molecule has 288 valence electrons. The zero-order valence-electron chi connectivity index (χ0n) is 33.6. The van der Waals surface area contributed by atoms with Crippen LogP contribution in [0.2, 0.25) is 0 Å². The van der Waals surface area contributed by atoms with Crippen LogP contribution in [0, 0.1) is 23.7 Å². The molecule has 0 N–H and O–H groups in total. The Kier molecular flexibility index (Phi) is 7.73. The lowest BCUT2D eigenvalue weighted by molar-refractivity contribution is -0.0399. The Balaban J connectivity index is 0.997. The quantitative estimate of drug-likeness (QED) is 0.162. The van der Waals surface area contributed by atoms with E-state index >= 15 is 0 Å². The first-order valence-corrected chi connectivity index (χ1v) is 22.8. The first-order valence-electron chi connectivity index (χ1n) is 22.0. The third-order valence-electron chi connectivity index (χ3n) is 15.1. The van der Waals surface area contributed by atoms with Crippen LogP contribution in [-0.2, 0) is 5.41 Å². The van der Waals surface area contributed by atoms with Crippen molar-refractivity contribution in [2.75, 3.05) is 4.90 Å². The van der Waals surface area contributed by atoms with Gasteiger partial charge in [0.15, 0.2) is 0 Å². The summed E-state index contributed by atoms with van der Waals surface area (Å²) in [6.07, 6.45) is 7.10. The van der Waals surface area contributed by atoms with E-state index in [9.17, 15) is 0 Å². The van der Waals surface area contributed by atoms with Crippen LogP contribution >= 0.6 is 11.3 Å². The second kappa shape index (κ2) is 13.4. The normalized spacial score (nSPS) is 22.1. The minimum Gasteiger partial charge on any atom is -0.310 e. The maximum atomic E-state index is 2.57. The average molecular weight is 788 g/mol. The van der Waals surface area contributed by atoms with Crippen LogP contribution < -0.4 is 4.90 Å². The van der Waals surface area contributed by atoms with Gasteiger partial charge in [-0.25, -0.2) is 0 Å². The van der Waals surface area contributed by atoms with Crippen LogP contribution in [0.4, 0.5) is 17.1 Å². The van der Waals surface area contributed by atoms with Crippen LogP contribution in [0.25, 0.3) is 64.7 Å². The summed E-state index contributed by atoms with van der Waals surface area (Å²) < 4.78 is 2.61. The van der Waals surface area contributed by atoms with Crippen molar-refractivity contribution in [1.82, 2.24) is 0 Å². The van der Waals surface area contributed by atoms with Gasteiger partial charge in [0.1, 0.15) is 0 Å². The first kappa shape index (κ1) is 34.6. The SMILES string of the molecule is c1ccc(-c2ccc(N(c3ccc(-c4ccc5c(c4)-c4ccccc4C54C5CC6CC(C5)CC4C6)c(-c4ccccc4)c3)c3cccc4sc5ccccc5c34)cc2)cc1. The molecule has 0 radical (unpaired) electrons. The number of rotatable bonds is 6. The zero-order chi connectivity index (χ0) is 39.4. The Morgan fingerprint density at radius 2 is 1.02 bits per heavy atom. The Labute approximate surface area is 356 Å². The van der Waals surface area contributed by atoms with Gasteiger partial charge in [-0.3, -0.25) is 0 Å². The lowest BCUT2D eigenvalue weighted by Crippen LogP contribution is -2.55. The van der Waals surface area contributed by atoms with E-state index in [0.29, 0.717) is 0 Å². The second-order valence-corrected chi connectivity index (χ2v) is 19.2. The van der Waals surface area contributed by atoms with Gasteiger partial charge in [-0.15, -0.1) is 11.3 Å². The lowest BCUT2D eigenvalue weighted by atomic mass is 9.43. The third-order valence-corrected chi connectivity index (χ3v) is 16.2. The summed E-state index contributed by atoms with van der Waals surface area (Å²) in [6.45, 7) is 0. The summed E-state index contributed by atoms with van der Waals surface area (Å²) in [5.41, 5.74) is 17.3. The van der Waals surface area contributed by atoms with Gasteiger partial charge in [-0.05, 0) is 160 Å². The highest BCUT2D eigenvalue weighted by Crippen LogP contribution is 2.69. The molecule has 5 aliphatic rings. The van der Waals surface area contributed by atoms with Gasteiger partial charge in [0.25, 0.3) is 0 Å². The molecule has 1 heterocycles. The predicted molar refractivity (Wildman–Crippen MR) is 254 cm³/mol. The molecule has 5 aliphatic carbocycles. The highest BCUT2D eigenvalue weighted by Gasteiger charge is 2.61. The molecule has 2 heteroatoms. The maximum absolute atomic E-state index is 2.57. The van der Waals surface area contributed by atoms with Crippen molar-refractivity contribution in [2.45, 2.75) is 37.5 Å². The smallest absolute Gasteiger partial charge is 0.0554 e. The molecule has 4 bridgehead atoms. The van der Waals surface area contributed by atoms with Crippen LogP contribution in [-0.4, -0.2) is 0 Å². The van der Waals surface area contributed by atoms with Gasteiger partial charge in [-0.1, -0.05) is 140 Å². The molecule has 4 fully saturated rings. The number of fused-ring (bicyclic) bond motifs is 6. The van der Waals surface area contributed by atoms with E-state index in [1.807, 2.05) is 11.3 Å². The van der Waals surface area contributed by atoms with Crippen molar-refractivity contribution in [3.8, 4) is 44.5 Å². The van der Waals surface area contributed by atoms with E-state index in [1.54, 1.807) is 11.1 Å². The van der Waals surface area contributed by atoms with Crippen molar-refractivity contribution in [3.05, 3.63) is 199 Å². The van der Waals surface area contributed by atoms with Gasteiger partial charge in [0.2, 0.25) is 0 Å². The molecule has 0 amide bonds. The van der Waals surface area contributed by atoms with Crippen molar-refractivity contribution >= 4 is 48.6 Å². The highest BCUT2D eigenvalue weighted by atomic mass is 32.1. The van der Waals surface area contributed by atoms with Gasteiger partial charge in [0.05, 0.1) is 5.69 Å². The summed E-state index contributed by atoms with van der Waals surface area (Å²) in [6, 6.07) is 70.9. The Hall–Kier alpha value is -6.22. The molecule has 0 unspecified atom stereocenters. The Bertz CT molecular complexity index is 3070. The average Bonchev–Trinajstić information content (AvgIpc) is 3.83. The van der Waals surface area contributed by atoms with Crippen molar-refractivity contribution < 1.29 is 0 Å². The standard InChI is InChI=1S/C58H45NS/c1-3-12-39(13-4-1)40-22-25-45(26-23-40)59(54-19-11-21-56-57(54)49-17-8-10-20-55(49)60-56)46-27-28-47(50(36-46)41-14-5-2-6-15-41)42-24-29-53-51(35-42)48-16-7-9-18-52(48)58(53)43-31-37-30-38(33-43)34-44(58)32-37/h1-29,35-38,43-44H,30-34H2. The van der Waals surface area contributed by atoms with Crippen molar-refractivity contribution in [2.24, 2.45) is 23.7 Å². The molecule has 8 aromatic carbocycles. The molecule has 0 saturated heterocycles. The minimum atomic E-state index is 0.174. The van der Waals surface area contributed by atoms with Crippen LogP contribution in [0.3, 0.4) is 0 Å². The number of benzene rings is 8. The summed E-state index contributed by atoms with van der Waals surface area (Å²) in [5.74, 6) is 3.40. The van der Waals surface area contributed by atoms with Crippen molar-refractivity contribution in [1.29, 1.82) is 0 Å². The summed E-state index contributed by atoms with van der Waals surface area (Å²) in [5, 5.41) is 2.60. The number of hydrogen-bond donors (Lipinski definition) is 0. The third kappa shape index (κ3) is 5.10. The molecule has 9 aromatic rings. The van der Waals surface area contributed by atoms with E-state index < -0.39 is 0 Å². The molecular weight excluding hydrogens is 743 g/mol. The molecule has 4 saturated carbocycles. The van der Waals surface area contributed by atoms with Crippen LogP contribution in [0.5, 0.6) is 0 Å². The highest BCUT2D eigenvalue weighted by molar-refractivity contribution is 7.26. The summed E-state index contributed by atoms with van der Waals surface area (Å²) in [4.78, 5) is 2.49. The van der Waals surface area contributed by atoms with E-state index in [0.717, 1.165) is 35.0 Å². The van der Waals surface area contributed by atoms with Gasteiger partial charge < -0.3 is 4.90 Å². The molecule has 1 spiro atoms. The molecule has 1 aromatic heterocycles. The lowest BCUT2D eigenvalue weighted by Gasteiger charge is -2.61. The Morgan fingerprint density at radius 1 is 0.400 bits per heavy atom. The van der Waals surface area contributed by atoms with Gasteiger partial charge >= 0.3 is 0 Å². The van der Waals surface area contributed by atoms with E-state index in [-0.39, 0.29) is 5.41 Å². The van der Waals surface area contributed by atoms with Crippen LogP contribution in [0.15, 0.2) is 188 Å². The largest absolute Gasteiger partial charge is 0.310 e. The Morgan fingerprint density at radius 3 is 1.80 bits per heavy atom. The molecular formula is C58H45NS. The predicted octanol–water partition coefficient (Wildman–Crippen LogP) is 16.2. The fraction of sp³-hybridized carbons (Fsp3) is 0.172. The van der Waals surface area contributed by atoms with E-state index in [2.05, 4.69) is 193 Å². The molecule has 14 rings (SSSR count). The number of hydrogen-bond acceptors (Lipinski definition) is 2. The monoisotopic (exact) mass is 787 g/mol. The molecule has 1 nitrogen and oxygen atoms in total. The number of nitrogens with zero attached hydrogens (tertiary/aromatic N) is 1. The topological polar surface area (TPSA) is 3.24 Å². The second-order valence-electron chi connectivity index (χ2n) is 18.1. The zero-order valence-corrected chi connectivity index (χ0v) is 34.4. The summed E-state index contributed by atoms with van der Waals surface area (Å²) in [7, 11) is 0. The fourth-order valence-corrected chi connectivity index (χ4v) is 14.0. The molecule has 0 atom stereocenters. The van der Waals surface area contributed by atoms with Crippen molar-refractivity contribution in [3.63, 3.8) is 0 Å². The van der Waals surface area contributed by atoms with E-state index in [4.69, 9.17) is 0 Å². The maximum Gasteiger partial charge on any atom is 0.0554 e. The number of anilines is 3. The van der Waals surface area contributed by atoms with E-state index in [1.165, 1.54) is 102 Å². The van der Waals surface area contributed by atoms with Gasteiger partial charge in [0, 0.05) is 37.0 Å². The molecule has 0 aliphatic heterocycles.